The summed E-state index contributed by atoms with van der Waals surface area (Å²) in [7, 11) is 1.93. The topological polar surface area (TPSA) is 59.8 Å². The van der Waals surface area contributed by atoms with Crippen LogP contribution in [-0.4, -0.2) is 33.0 Å². The van der Waals surface area contributed by atoms with Crippen LogP contribution in [0.5, 0.6) is 0 Å². The summed E-state index contributed by atoms with van der Waals surface area (Å²) in [5, 5.41) is 14.1. The van der Waals surface area contributed by atoms with Gasteiger partial charge in [0.2, 0.25) is 5.91 Å². The number of hydrogen-bond acceptors (Lipinski definition) is 5. The molecule has 1 N–H and O–H groups in total. The van der Waals surface area contributed by atoms with Gasteiger partial charge in [0.05, 0.1) is 10.6 Å². The fraction of sp³-hybridized carbons (Fsp3) is 0.533. The SMILES string of the molecule is CCCCCCNC(=O)CSc1nnc(-c2cccs2)n1C. The van der Waals surface area contributed by atoms with Crippen molar-refractivity contribution in [3.63, 3.8) is 0 Å². The van der Waals surface area contributed by atoms with Gasteiger partial charge < -0.3 is 9.88 Å². The van der Waals surface area contributed by atoms with Crippen molar-refractivity contribution in [3.05, 3.63) is 17.5 Å². The van der Waals surface area contributed by atoms with Crippen molar-refractivity contribution in [2.75, 3.05) is 12.3 Å². The Morgan fingerprint density at radius 2 is 2.23 bits per heavy atom. The molecule has 2 rings (SSSR count). The Balaban J connectivity index is 1.76. The monoisotopic (exact) mass is 338 g/mol. The molecule has 0 aliphatic rings. The highest BCUT2D eigenvalue weighted by atomic mass is 32.2. The van der Waals surface area contributed by atoms with Crippen LogP contribution in [0.1, 0.15) is 32.6 Å². The molecule has 2 aromatic rings. The highest BCUT2D eigenvalue weighted by Gasteiger charge is 2.13. The van der Waals surface area contributed by atoms with Crippen molar-refractivity contribution in [1.82, 2.24) is 20.1 Å². The number of thiophene rings is 1. The smallest absolute Gasteiger partial charge is 0.230 e. The zero-order chi connectivity index (χ0) is 15.8. The Labute approximate surface area is 139 Å². The highest BCUT2D eigenvalue weighted by Crippen LogP contribution is 2.25. The van der Waals surface area contributed by atoms with Crippen molar-refractivity contribution in [2.24, 2.45) is 7.05 Å². The molecule has 1 amide bonds. The molecule has 0 radical (unpaired) electrons. The third kappa shape index (κ3) is 4.84. The van der Waals surface area contributed by atoms with Crippen LogP contribution in [0.2, 0.25) is 0 Å². The van der Waals surface area contributed by atoms with Gasteiger partial charge in [0.15, 0.2) is 11.0 Å². The zero-order valence-corrected chi connectivity index (χ0v) is 14.7. The normalized spacial score (nSPS) is 10.8. The first kappa shape index (κ1) is 17.0. The maximum absolute atomic E-state index is 11.8. The number of rotatable bonds is 9. The summed E-state index contributed by atoms with van der Waals surface area (Å²) in [4.78, 5) is 12.9. The Kier molecular flexibility index (Phi) is 6.92. The van der Waals surface area contributed by atoms with Crippen LogP contribution in [0.15, 0.2) is 22.7 Å². The molecule has 2 heterocycles. The molecule has 0 bridgehead atoms. The van der Waals surface area contributed by atoms with Crippen LogP contribution in [-0.2, 0) is 11.8 Å². The average Bonchev–Trinajstić information content (AvgIpc) is 3.14. The molecule has 0 spiro atoms. The summed E-state index contributed by atoms with van der Waals surface area (Å²) < 4.78 is 1.94. The van der Waals surface area contributed by atoms with Crippen molar-refractivity contribution in [3.8, 4) is 10.7 Å². The molecule has 0 saturated heterocycles. The first-order valence-corrected chi connectivity index (χ1v) is 9.41. The molecule has 0 unspecified atom stereocenters. The van der Waals surface area contributed by atoms with E-state index in [4.69, 9.17) is 0 Å². The molecule has 0 aromatic carbocycles. The summed E-state index contributed by atoms with van der Waals surface area (Å²) in [6.45, 7) is 2.94. The number of carbonyl (C=O) groups is 1. The second kappa shape index (κ2) is 8.95. The van der Waals surface area contributed by atoms with Gasteiger partial charge >= 0.3 is 0 Å². The largest absolute Gasteiger partial charge is 0.355 e. The molecule has 7 heteroatoms. The molecular weight excluding hydrogens is 316 g/mol. The van der Waals surface area contributed by atoms with E-state index in [1.165, 1.54) is 31.0 Å². The van der Waals surface area contributed by atoms with Gasteiger partial charge in [-0.25, -0.2) is 0 Å². The van der Waals surface area contributed by atoms with Gasteiger partial charge in [0.25, 0.3) is 0 Å². The molecule has 0 aliphatic heterocycles. The number of hydrogen-bond donors (Lipinski definition) is 1. The maximum Gasteiger partial charge on any atom is 0.230 e. The molecule has 22 heavy (non-hydrogen) atoms. The summed E-state index contributed by atoms with van der Waals surface area (Å²) in [5.74, 6) is 1.28. The van der Waals surface area contributed by atoms with E-state index in [1.54, 1.807) is 11.3 Å². The summed E-state index contributed by atoms with van der Waals surface area (Å²) in [5.41, 5.74) is 0. The van der Waals surface area contributed by atoms with E-state index in [2.05, 4.69) is 22.4 Å². The number of aromatic nitrogens is 3. The maximum atomic E-state index is 11.8. The molecule has 0 atom stereocenters. The fourth-order valence-electron chi connectivity index (χ4n) is 2.02. The average molecular weight is 339 g/mol. The third-order valence-electron chi connectivity index (χ3n) is 3.26. The second-order valence-electron chi connectivity index (χ2n) is 5.04. The van der Waals surface area contributed by atoms with E-state index in [1.807, 2.05) is 29.1 Å². The summed E-state index contributed by atoms with van der Waals surface area (Å²) in [6.07, 6.45) is 4.67. The third-order valence-corrected chi connectivity index (χ3v) is 5.15. The molecule has 120 valence electrons. The number of nitrogens with one attached hydrogen (secondary N) is 1. The first-order chi connectivity index (χ1) is 10.7. The minimum Gasteiger partial charge on any atom is -0.355 e. The van der Waals surface area contributed by atoms with Crippen LogP contribution >= 0.6 is 23.1 Å². The Hall–Kier alpha value is -1.34. The van der Waals surface area contributed by atoms with E-state index < -0.39 is 0 Å². The summed E-state index contributed by atoms with van der Waals surface area (Å²) in [6, 6.07) is 4.01. The molecule has 2 aromatic heterocycles. The summed E-state index contributed by atoms with van der Waals surface area (Å²) >= 11 is 3.06. The van der Waals surface area contributed by atoms with Gasteiger partial charge in [-0.1, -0.05) is 44.0 Å². The predicted octanol–water partition coefficient (Wildman–Crippen LogP) is 3.33. The van der Waals surface area contributed by atoms with Crippen molar-refractivity contribution in [2.45, 2.75) is 37.8 Å². The molecule has 0 saturated carbocycles. The van der Waals surface area contributed by atoms with Crippen LogP contribution in [0.25, 0.3) is 10.7 Å². The van der Waals surface area contributed by atoms with Crippen LogP contribution in [0, 0.1) is 0 Å². The van der Waals surface area contributed by atoms with Crippen molar-refractivity contribution < 1.29 is 4.79 Å². The van der Waals surface area contributed by atoms with E-state index in [0.29, 0.717) is 5.75 Å². The standard InChI is InChI=1S/C15H22N4OS2/c1-3-4-5-6-9-16-13(20)11-22-15-18-17-14(19(15)2)12-8-7-10-21-12/h7-8,10H,3-6,9,11H2,1-2H3,(H,16,20). The van der Waals surface area contributed by atoms with E-state index >= 15 is 0 Å². The van der Waals surface area contributed by atoms with Crippen LogP contribution < -0.4 is 5.32 Å². The lowest BCUT2D eigenvalue weighted by atomic mass is 10.2. The first-order valence-electron chi connectivity index (χ1n) is 7.55. The quantitative estimate of drug-likeness (QED) is 0.563. The Morgan fingerprint density at radius 3 is 2.95 bits per heavy atom. The van der Waals surface area contributed by atoms with Gasteiger partial charge in [-0.2, -0.15) is 0 Å². The van der Waals surface area contributed by atoms with Crippen LogP contribution in [0.3, 0.4) is 0 Å². The molecule has 0 aliphatic carbocycles. The minimum atomic E-state index is 0.0576. The van der Waals surface area contributed by atoms with Gasteiger partial charge in [0.1, 0.15) is 0 Å². The highest BCUT2D eigenvalue weighted by molar-refractivity contribution is 7.99. The number of unbranched alkanes of at least 4 members (excludes halogenated alkanes) is 3. The lowest BCUT2D eigenvalue weighted by molar-refractivity contribution is -0.118. The van der Waals surface area contributed by atoms with E-state index in [0.717, 1.165) is 28.8 Å². The minimum absolute atomic E-state index is 0.0576. The number of amides is 1. The lowest BCUT2D eigenvalue weighted by Gasteiger charge is -2.05. The fourth-order valence-corrected chi connectivity index (χ4v) is 3.51. The van der Waals surface area contributed by atoms with Crippen molar-refractivity contribution >= 4 is 29.0 Å². The van der Waals surface area contributed by atoms with Gasteiger partial charge in [-0.15, -0.1) is 21.5 Å². The van der Waals surface area contributed by atoms with Crippen molar-refractivity contribution in [1.29, 1.82) is 0 Å². The number of nitrogens with zero attached hydrogens (tertiary/aromatic N) is 3. The second-order valence-corrected chi connectivity index (χ2v) is 6.93. The predicted molar refractivity (Wildman–Crippen MR) is 92.2 cm³/mol. The van der Waals surface area contributed by atoms with Gasteiger partial charge in [0, 0.05) is 13.6 Å². The Morgan fingerprint density at radius 1 is 1.36 bits per heavy atom. The lowest BCUT2D eigenvalue weighted by Crippen LogP contribution is -2.26. The molecule has 0 fully saturated rings. The zero-order valence-electron chi connectivity index (χ0n) is 13.0. The number of carbonyl (C=O) groups excluding carboxylic acids is 1. The van der Waals surface area contributed by atoms with E-state index in [-0.39, 0.29) is 5.91 Å². The van der Waals surface area contributed by atoms with Gasteiger partial charge in [-0.05, 0) is 17.9 Å². The molecule has 5 nitrogen and oxygen atoms in total. The number of thioether (sulfide) groups is 1. The van der Waals surface area contributed by atoms with Crippen LogP contribution in [0.4, 0.5) is 0 Å². The molecular formula is C15H22N4OS2. The van der Waals surface area contributed by atoms with E-state index in [9.17, 15) is 4.79 Å². The Bertz CT molecular complexity index is 580. The van der Waals surface area contributed by atoms with Gasteiger partial charge in [-0.3, -0.25) is 4.79 Å².